The van der Waals surface area contributed by atoms with E-state index in [0.717, 1.165) is 0 Å². The van der Waals surface area contributed by atoms with Crippen molar-refractivity contribution in [2.45, 2.75) is 70.0 Å². The van der Waals surface area contributed by atoms with Crippen molar-refractivity contribution in [2.75, 3.05) is 6.61 Å². The maximum atomic E-state index is 12.1. The van der Waals surface area contributed by atoms with Crippen LogP contribution in [0.4, 0.5) is 0 Å². The number of hydrogen-bond acceptors (Lipinski definition) is 5. The summed E-state index contributed by atoms with van der Waals surface area (Å²) < 4.78 is 25.7. The highest BCUT2D eigenvalue weighted by molar-refractivity contribution is 6.99. The first-order chi connectivity index (χ1) is 15.1. The molecule has 6 nitrogen and oxygen atoms in total. The van der Waals surface area contributed by atoms with Gasteiger partial charge in [-0.2, -0.15) is 4.74 Å². The van der Waals surface area contributed by atoms with Crippen molar-refractivity contribution >= 4 is 25.4 Å². The molecule has 2 heterocycles. The molecule has 0 unspecified atom stereocenters. The van der Waals surface area contributed by atoms with Crippen LogP contribution in [0.3, 0.4) is 0 Å². The van der Waals surface area contributed by atoms with Crippen LogP contribution in [0, 0.1) is 5.21 Å². The summed E-state index contributed by atoms with van der Waals surface area (Å²) in [4.78, 5) is 0. The lowest BCUT2D eigenvalue weighted by atomic mass is 10.1. The highest BCUT2D eigenvalue weighted by atomic mass is 28.4. The second-order valence-corrected chi connectivity index (χ2v) is 14.3. The number of nitrogens with zero attached hydrogens (tertiary/aromatic N) is 1. The van der Waals surface area contributed by atoms with Crippen LogP contribution in [-0.2, 0) is 18.6 Å². The first-order valence-electron chi connectivity index (χ1n) is 11.1. The molecule has 0 radical (unpaired) electrons. The Labute approximate surface area is 191 Å². The molecule has 2 aliphatic rings. The summed E-state index contributed by atoms with van der Waals surface area (Å²) in [5, 5.41) is 14.3. The summed E-state index contributed by atoms with van der Waals surface area (Å²) in [7, 11) is -2.73. The highest BCUT2D eigenvalue weighted by Gasteiger charge is 2.60. The van der Waals surface area contributed by atoms with E-state index < -0.39 is 38.6 Å². The Hall–Kier alpha value is -2.03. The van der Waals surface area contributed by atoms with Crippen molar-refractivity contribution in [2.24, 2.45) is 0 Å². The molecule has 0 N–H and O–H groups in total. The molecule has 0 spiro atoms. The quantitative estimate of drug-likeness (QED) is 0.220. The van der Waals surface area contributed by atoms with Gasteiger partial charge in [-0.15, -0.1) is 0 Å². The van der Waals surface area contributed by atoms with E-state index in [1.54, 1.807) is 0 Å². The lowest BCUT2D eigenvalue weighted by Crippen LogP contribution is -2.67. The van der Waals surface area contributed by atoms with Crippen LogP contribution in [0.1, 0.15) is 34.6 Å². The summed E-state index contributed by atoms with van der Waals surface area (Å²) in [6.45, 7) is 14.2. The maximum absolute atomic E-state index is 12.1. The second kappa shape index (κ2) is 8.39. The van der Waals surface area contributed by atoms with Crippen LogP contribution in [0.15, 0.2) is 60.7 Å². The number of ether oxygens (including phenoxy) is 3. The first-order valence-corrected chi connectivity index (χ1v) is 13.0. The third-order valence-corrected chi connectivity index (χ3v) is 11.3. The molecule has 4 atom stereocenters. The Morgan fingerprint density at radius 3 is 1.94 bits per heavy atom. The Balaban J connectivity index is 1.71. The topological polar surface area (TPSA) is 63.0 Å². The minimum absolute atomic E-state index is 0.156. The monoisotopic (exact) mass is 455 g/mol. The molecule has 32 heavy (non-hydrogen) atoms. The van der Waals surface area contributed by atoms with Gasteiger partial charge in [0, 0.05) is 0 Å². The largest absolute Gasteiger partial charge is 0.622 e. The van der Waals surface area contributed by atoms with Crippen LogP contribution >= 0.6 is 0 Å². The zero-order valence-electron chi connectivity index (χ0n) is 19.5. The molecule has 2 fully saturated rings. The molecule has 2 aliphatic heterocycles. The molecular weight excluding hydrogens is 422 g/mol. The van der Waals surface area contributed by atoms with Crippen molar-refractivity contribution < 1.29 is 23.4 Å². The summed E-state index contributed by atoms with van der Waals surface area (Å²) in [5.41, 5.74) is 0. The summed E-state index contributed by atoms with van der Waals surface area (Å²) in [6.07, 6.45) is -2.17. The molecule has 2 saturated heterocycles. The van der Waals surface area contributed by atoms with Gasteiger partial charge < -0.3 is 23.8 Å². The zero-order chi connectivity index (χ0) is 23.1. The second-order valence-electron chi connectivity index (χ2n) is 10.0. The molecule has 0 saturated carbocycles. The van der Waals surface area contributed by atoms with Crippen LogP contribution in [-0.4, -0.2) is 56.7 Å². The van der Waals surface area contributed by atoms with Gasteiger partial charge in [0.2, 0.25) is 0 Å². The normalized spacial score (nSPS) is 27.3. The zero-order valence-corrected chi connectivity index (χ0v) is 20.5. The Bertz CT molecular complexity index is 904. The molecule has 0 aliphatic carbocycles. The third kappa shape index (κ3) is 4.04. The molecule has 0 bridgehead atoms. The van der Waals surface area contributed by atoms with Gasteiger partial charge in [0.15, 0.2) is 11.9 Å². The molecule has 7 heteroatoms. The smallest absolute Gasteiger partial charge is 0.297 e. The van der Waals surface area contributed by atoms with Crippen LogP contribution in [0.5, 0.6) is 0 Å². The SMILES string of the molecule is C=[N+]([O-])[C@@H]1O[C@H](CO[Si](c2ccccc2)(c2ccccc2)C(C)(C)C)[C@H]2OC(C)(C)O[C@H]21. The van der Waals surface area contributed by atoms with Crippen molar-refractivity contribution in [1.29, 1.82) is 0 Å². The maximum Gasteiger partial charge on any atom is 0.297 e. The fraction of sp³-hybridized carbons (Fsp3) is 0.480. The molecule has 172 valence electrons. The van der Waals surface area contributed by atoms with E-state index in [1.165, 1.54) is 10.4 Å². The van der Waals surface area contributed by atoms with Gasteiger partial charge in [0.25, 0.3) is 14.5 Å². The standard InChI is InChI=1S/C25H33NO5Si/c1-24(2,3)32(18-13-9-7-10-14-18,19-15-11-8-12-16-19)28-17-20-21-22(23(29-20)26(6)27)31-25(4,5)30-21/h7-16,20-23H,6,17H2,1-5H3/t20-,21-,22-,23-/m1/s1. The lowest BCUT2D eigenvalue weighted by molar-refractivity contribution is -0.558. The molecule has 0 aromatic heterocycles. The summed E-state index contributed by atoms with van der Waals surface area (Å²) >= 11 is 0. The Morgan fingerprint density at radius 1 is 0.969 bits per heavy atom. The van der Waals surface area contributed by atoms with Gasteiger partial charge in [-0.05, 0) is 29.3 Å². The fourth-order valence-corrected chi connectivity index (χ4v) is 9.56. The van der Waals surface area contributed by atoms with E-state index in [4.69, 9.17) is 18.6 Å². The summed E-state index contributed by atoms with van der Waals surface area (Å²) in [6, 6.07) is 20.9. The molecule has 0 amide bonds. The number of rotatable bonds is 6. The highest BCUT2D eigenvalue weighted by Crippen LogP contribution is 2.41. The molecular formula is C25H33NO5Si. The minimum atomic E-state index is -2.73. The Kier molecular flexibility index (Phi) is 6.07. The van der Waals surface area contributed by atoms with E-state index in [2.05, 4.69) is 76.0 Å². The molecule has 2 aromatic rings. The van der Waals surface area contributed by atoms with Crippen molar-refractivity contribution in [1.82, 2.24) is 0 Å². The average Bonchev–Trinajstić information content (AvgIpc) is 3.22. The lowest BCUT2D eigenvalue weighted by Gasteiger charge is -2.43. The van der Waals surface area contributed by atoms with Gasteiger partial charge >= 0.3 is 0 Å². The van der Waals surface area contributed by atoms with E-state index >= 15 is 0 Å². The van der Waals surface area contributed by atoms with Gasteiger partial charge in [-0.1, -0.05) is 81.4 Å². The van der Waals surface area contributed by atoms with Crippen molar-refractivity contribution in [3.8, 4) is 0 Å². The minimum Gasteiger partial charge on any atom is -0.622 e. The number of hydrogen-bond donors (Lipinski definition) is 0. The van der Waals surface area contributed by atoms with Gasteiger partial charge in [0.05, 0.1) is 6.61 Å². The van der Waals surface area contributed by atoms with Crippen molar-refractivity contribution in [3.05, 3.63) is 65.9 Å². The van der Waals surface area contributed by atoms with E-state index in [0.29, 0.717) is 4.74 Å². The first kappa shape index (κ1) is 23.1. The van der Waals surface area contributed by atoms with Gasteiger partial charge in [-0.3, -0.25) is 0 Å². The third-order valence-electron chi connectivity index (χ3n) is 6.29. The fourth-order valence-electron chi connectivity index (χ4n) is 4.99. The Morgan fingerprint density at radius 2 is 1.47 bits per heavy atom. The van der Waals surface area contributed by atoms with Crippen LogP contribution < -0.4 is 10.4 Å². The predicted octanol–water partition coefficient (Wildman–Crippen LogP) is 3.02. The number of benzene rings is 2. The van der Waals surface area contributed by atoms with Crippen LogP contribution in [0.25, 0.3) is 0 Å². The number of fused-ring (bicyclic) bond motifs is 1. The van der Waals surface area contributed by atoms with Gasteiger partial charge in [0.1, 0.15) is 18.9 Å². The molecule has 2 aromatic carbocycles. The van der Waals surface area contributed by atoms with E-state index in [-0.39, 0.29) is 11.6 Å². The average molecular weight is 456 g/mol. The molecule has 4 rings (SSSR count). The van der Waals surface area contributed by atoms with Crippen molar-refractivity contribution in [3.63, 3.8) is 0 Å². The number of hydroxylamine groups is 1. The van der Waals surface area contributed by atoms with E-state index in [1.807, 2.05) is 26.0 Å². The van der Waals surface area contributed by atoms with Gasteiger partial charge in [-0.25, -0.2) is 0 Å². The van der Waals surface area contributed by atoms with E-state index in [9.17, 15) is 5.21 Å². The predicted molar refractivity (Wildman–Crippen MR) is 127 cm³/mol. The van der Waals surface area contributed by atoms with Crippen LogP contribution in [0.2, 0.25) is 5.04 Å². The summed E-state index contributed by atoms with van der Waals surface area (Å²) in [5.74, 6) is -0.789.